The summed E-state index contributed by atoms with van der Waals surface area (Å²) in [6.07, 6.45) is 0.661. The summed E-state index contributed by atoms with van der Waals surface area (Å²) in [7, 11) is 0. The summed E-state index contributed by atoms with van der Waals surface area (Å²) >= 11 is 0. The van der Waals surface area contributed by atoms with E-state index in [1.165, 1.54) is 12.1 Å². The highest BCUT2D eigenvalue weighted by atomic mass is 19.1. The van der Waals surface area contributed by atoms with Crippen molar-refractivity contribution in [1.29, 1.82) is 0 Å². The van der Waals surface area contributed by atoms with Gasteiger partial charge in [0.15, 0.2) is 0 Å². The van der Waals surface area contributed by atoms with Crippen LogP contribution in [-0.4, -0.2) is 17.3 Å². The number of hydrogen-bond donors (Lipinski definition) is 2. The highest BCUT2D eigenvalue weighted by molar-refractivity contribution is 5.46. The highest BCUT2D eigenvalue weighted by Gasteiger charge is 2.16. The van der Waals surface area contributed by atoms with Crippen LogP contribution in [-0.2, 0) is 0 Å². The van der Waals surface area contributed by atoms with Gasteiger partial charge in [0.25, 0.3) is 0 Å². The third kappa shape index (κ3) is 3.88. The van der Waals surface area contributed by atoms with Crippen molar-refractivity contribution in [2.24, 2.45) is 0 Å². The van der Waals surface area contributed by atoms with Gasteiger partial charge < -0.3 is 10.4 Å². The van der Waals surface area contributed by atoms with Crippen molar-refractivity contribution in [2.75, 3.05) is 11.9 Å². The summed E-state index contributed by atoms with van der Waals surface area (Å²) in [5.41, 5.74) is 0.829. The maximum Gasteiger partial charge on any atom is 0.125 e. The van der Waals surface area contributed by atoms with Crippen LogP contribution >= 0.6 is 0 Å². The number of nitrogens with one attached hydrogen (secondary N) is 1. The summed E-state index contributed by atoms with van der Waals surface area (Å²) in [4.78, 5) is 0. The Kier molecular flexibility index (Phi) is 3.69. The van der Waals surface area contributed by atoms with Crippen molar-refractivity contribution in [3.63, 3.8) is 0 Å². The standard InChI is InChI=1S/C12H18FNO/c1-4-12(3,15)8-14-11-6-9(2)5-10(13)7-11/h5-7,14-15H,4,8H2,1-3H3. The van der Waals surface area contributed by atoms with Gasteiger partial charge in [-0.05, 0) is 44.0 Å². The Labute approximate surface area is 90.1 Å². The number of anilines is 1. The third-order valence-electron chi connectivity index (χ3n) is 2.48. The number of aryl methyl sites for hydroxylation is 1. The molecular weight excluding hydrogens is 193 g/mol. The molecule has 15 heavy (non-hydrogen) atoms. The molecular formula is C12H18FNO. The number of rotatable bonds is 4. The number of halogens is 1. The zero-order valence-electron chi connectivity index (χ0n) is 9.47. The maximum absolute atomic E-state index is 13.0. The molecule has 0 aliphatic carbocycles. The molecule has 0 saturated carbocycles. The number of hydrogen-bond acceptors (Lipinski definition) is 2. The second-order valence-corrected chi connectivity index (χ2v) is 4.22. The molecule has 0 heterocycles. The first kappa shape index (κ1) is 12.0. The third-order valence-corrected chi connectivity index (χ3v) is 2.48. The van der Waals surface area contributed by atoms with Crippen LogP contribution in [0, 0.1) is 12.7 Å². The number of benzene rings is 1. The lowest BCUT2D eigenvalue weighted by atomic mass is 10.0. The van der Waals surface area contributed by atoms with Crippen LogP contribution in [0.25, 0.3) is 0 Å². The van der Waals surface area contributed by atoms with Crippen LogP contribution in [0.2, 0.25) is 0 Å². The van der Waals surface area contributed by atoms with Crippen molar-refractivity contribution in [2.45, 2.75) is 32.8 Å². The van der Waals surface area contributed by atoms with Gasteiger partial charge in [0.1, 0.15) is 5.82 Å². The van der Waals surface area contributed by atoms with E-state index in [0.717, 1.165) is 5.56 Å². The fourth-order valence-corrected chi connectivity index (χ4v) is 1.26. The smallest absolute Gasteiger partial charge is 0.125 e. The molecule has 2 N–H and O–H groups in total. The average Bonchev–Trinajstić information content (AvgIpc) is 2.14. The maximum atomic E-state index is 13.0. The van der Waals surface area contributed by atoms with E-state index in [4.69, 9.17) is 0 Å². The van der Waals surface area contributed by atoms with E-state index in [1.54, 1.807) is 6.92 Å². The molecule has 0 aliphatic rings. The fourth-order valence-electron chi connectivity index (χ4n) is 1.26. The number of aliphatic hydroxyl groups is 1. The first-order valence-corrected chi connectivity index (χ1v) is 5.16. The predicted molar refractivity (Wildman–Crippen MR) is 60.5 cm³/mol. The fraction of sp³-hybridized carbons (Fsp3) is 0.500. The molecule has 3 heteroatoms. The summed E-state index contributed by atoms with van der Waals surface area (Å²) in [5.74, 6) is -0.256. The van der Waals surface area contributed by atoms with E-state index >= 15 is 0 Å². The lowest BCUT2D eigenvalue weighted by Crippen LogP contribution is -2.32. The molecule has 84 valence electrons. The molecule has 0 amide bonds. The molecule has 1 aromatic carbocycles. The lowest BCUT2D eigenvalue weighted by molar-refractivity contribution is 0.0697. The van der Waals surface area contributed by atoms with E-state index in [-0.39, 0.29) is 5.82 Å². The SMILES string of the molecule is CCC(C)(O)CNc1cc(C)cc(F)c1. The molecule has 0 bridgehead atoms. The van der Waals surface area contributed by atoms with Gasteiger partial charge in [0, 0.05) is 12.2 Å². The van der Waals surface area contributed by atoms with Crippen LogP contribution in [0.5, 0.6) is 0 Å². The minimum absolute atomic E-state index is 0.256. The quantitative estimate of drug-likeness (QED) is 0.802. The van der Waals surface area contributed by atoms with Crippen molar-refractivity contribution >= 4 is 5.69 Å². The Hall–Kier alpha value is -1.09. The van der Waals surface area contributed by atoms with Crippen LogP contribution in [0.1, 0.15) is 25.8 Å². The molecule has 0 saturated heterocycles. The second kappa shape index (κ2) is 4.62. The van der Waals surface area contributed by atoms with Gasteiger partial charge in [0.2, 0.25) is 0 Å². The highest BCUT2D eigenvalue weighted by Crippen LogP contribution is 2.15. The summed E-state index contributed by atoms with van der Waals surface area (Å²) < 4.78 is 13.0. The Morgan fingerprint density at radius 1 is 1.40 bits per heavy atom. The molecule has 1 rings (SSSR count). The summed E-state index contributed by atoms with van der Waals surface area (Å²) in [5, 5.41) is 12.8. The van der Waals surface area contributed by atoms with Crippen LogP contribution < -0.4 is 5.32 Å². The predicted octanol–water partition coefficient (Wildman–Crippen LogP) is 2.71. The second-order valence-electron chi connectivity index (χ2n) is 4.22. The van der Waals surface area contributed by atoms with E-state index in [9.17, 15) is 9.50 Å². The van der Waals surface area contributed by atoms with Crippen LogP contribution in [0.3, 0.4) is 0 Å². The minimum atomic E-state index is -0.750. The monoisotopic (exact) mass is 211 g/mol. The molecule has 1 atom stereocenters. The topological polar surface area (TPSA) is 32.3 Å². The van der Waals surface area contributed by atoms with E-state index < -0.39 is 5.60 Å². The van der Waals surface area contributed by atoms with Crippen molar-refractivity contribution < 1.29 is 9.50 Å². The van der Waals surface area contributed by atoms with E-state index in [1.807, 2.05) is 19.9 Å². The van der Waals surface area contributed by atoms with Crippen molar-refractivity contribution in [3.05, 3.63) is 29.6 Å². The molecule has 0 spiro atoms. The Morgan fingerprint density at radius 2 is 2.07 bits per heavy atom. The molecule has 0 radical (unpaired) electrons. The average molecular weight is 211 g/mol. The largest absolute Gasteiger partial charge is 0.388 e. The van der Waals surface area contributed by atoms with E-state index in [0.29, 0.717) is 18.7 Å². The van der Waals surface area contributed by atoms with Gasteiger partial charge >= 0.3 is 0 Å². The van der Waals surface area contributed by atoms with Gasteiger partial charge in [-0.2, -0.15) is 0 Å². The van der Waals surface area contributed by atoms with E-state index in [2.05, 4.69) is 5.32 Å². The Balaban J connectivity index is 2.65. The van der Waals surface area contributed by atoms with Gasteiger partial charge in [-0.15, -0.1) is 0 Å². The molecule has 1 unspecified atom stereocenters. The molecule has 0 aromatic heterocycles. The van der Waals surface area contributed by atoms with Gasteiger partial charge in [-0.1, -0.05) is 6.92 Å². The van der Waals surface area contributed by atoms with Crippen molar-refractivity contribution in [1.82, 2.24) is 0 Å². The Morgan fingerprint density at radius 3 is 2.60 bits per heavy atom. The molecule has 0 aliphatic heterocycles. The molecule has 1 aromatic rings. The van der Waals surface area contributed by atoms with Gasteiger partial charge in [-0.3, -0.25) is 0 Å². The summed E-state index contributed by atoms with van der Waals surface area (Å²) in [6, 6.07) is 4.76. The van der Waals surface area contributed by atoms with Crippen LogP contribution in [0.4, 0.5) is 10.1 Å². The first-order chi connectivity index (χ1) is 6.93. The lowest BCUT2D eigenvalue weighted by Gasteiger charge is -2.22. The Bertz CT molecular complexity index is 316. The minimum Gasteiger partial charge on any atom is -0.388 e. The zero-order chi connectivity index (χ0) is 11.5. The van der Waals surface area contributed by atoms with Crippen molar-refractivity contribution in [3.8, 4) is 0 Å². The summed E-state index contributed by atoms with van der Waals surface area (Å²) in [6.45, 7) is 5.93. The van der Waals surface area contributed by atoms with Gasteiger partial charge in [0.05, 0.1) is 5.60 Å². The molecule has 2 nitrogen and oxygen atoms in total. The molecule has 0 fully saturated rings. The first-order valence-electron chi connectivity index (χ1n) is 5.16. The van der Waals surface area contributed by atoms with Gasteiger partial charge in [-0.25, -0.2) is 4.39 Å². The zero-order valence-corrected chi connectivity index (χ0v) is 9.47. The van der Waals surface area contributed by atoms with Crippen LogP contribution in [0.15, 0.2) is 18.2 Å². The normalized spacial score (nSPS) is 14.7.